The molecule has 3 heteroatoms. The first-order valence-electron chi connectivity index (χ1n) is 6.17. The van der Waals surface area contributed by atoms with Crippen molar-refractivity contribution < 1.29 is 9.53 Å². The minimum Gasteiger partial charge on any atom is -0.465 e. The van der Waals surface area contributed by atoms with Crippen LogP contribution in [0.15, 0.2) is 24.3 Å². The molecule has 0 aromatic heterocycles. The summed E-state index contributed by atoms with van der Waals surface area (Å²) in [5, 5.41) is 0. The lowest BCUT2D eigenvalue weighted by Crippen LogP contribution is -2.34. The van der Waals surface area contributed by atoms with E-state index in [-0.39, 0.29) is 5.97 Å². The molecule has 0 aliphatic heterocycles. The van der Waals surface area contributed by atoms with E-state index in [4.69, 9.17) is 10.5 Å². The molecule has 0 saturated carbocycles. The SMILES string of the molecule is CCCc1cccc(CC(N)C(=O)OCC)c1. The molecule has 2 N–H and O–H groups in total. The van der Waals surface area contributed by atoms with E-state index in [1.165, 1.54) is 5.56 Å². The second-order valence-electron chi connectivity index (χ2n) is 4.13. The van der Waals surface area contributed by atoms with Crippen molar-refractivity contribution in [1.29, 1.82) is 0 Å². The zero-order chi connectivity index (χ0) is 12.7. The molecule has 17 heavy (non-hydrogen) atoms. The summed E-state index contributed by atoms with van der Waals surface area (Å²) >= 11 is 0. The third-order valence-corrected chi connectivity index (χ3v) is 2.58. The highest BCUT2D eigenvalue weighted by molar-refractivity contribution is 5.75. The Balaban J connectivity index is 2.61. The fourth-order valence-electron chi connectivity index (χ4n) is 1.79. The number of carbonyl (C=O) groups is 1. The molecule has 0 heterocycles. The van der Waals surface area contributed by atoms with Gasteiger partial charge in [0.15, 0.2) is 0 Å². The lowest BCUT2D eigenvalue weighted by Gasteiger charge is -2.11. The molecular formula is C14H21NO2. The molecule has 0 fully saturated rings. The van der Waals surface area contributed by atoms with Gasteiger partial charge in [-0.3, -0.25) is 4.79 Å². The summed E-state index contributed by atoms with van der Waals surface area (Å²) in [6.07, 6.45) is 2.71. The molecule has 1 unspecified atom stereocenters. The molecule has 3 nitrogen and oxygen atoms in total. The molecule has 0 aliphatic rings. The number of nitrogens with two attached hydrogens (primary N) is 1. The Bertz CT molecular complexity index is 363. The number of hydrogen-bond acceptors (Lipinski definition) is 3. The topological polar surface area (TPSA) is 52.3 Å². The number of esters is 1. The molecule has 0 spiro atoms. The van der Waals surface area contributed by atoms with Crippen LogP contribution in [0.2, 0.25) is 0 Å². The quantitative estimate of drug-likeness (QED) is 0.768. The van der Waals surface area contributed by atoms with Gasteiger partial charge in [0.05, 0.1) is 6.61 Å². The van der Waals surface area contributed by atoms with Crippen LogP contribution in [0, 0.1) is 0 Å². The van der Waals surface area contributed by atoms with Crippen LogP contribution in [0.4, 0.5) is 0 Å². The summed E-state index contributed by atoms with van der Waals surface area (Å²) in [6.45, 7) is 4.31. The van der Waals surface area contributed by atoms with Crippen LogP contribution in [0.1, 0.15) is 31.4 Å². The van der Waals surface area contributed by atoms with Gasteiger partial charge < -0.3 is 10.5 Å². The second kappa shape index (κ2) is 7.07. The van der Waals surface area contributed by atoms with Crippen molar-refractivity contribution in [3.63, 3.8) is 0 Å². The Labute approximate surface area is 103 Å². The highest BCUT2D eigenvalue weighted by Crippen LogP contribution is 2.09. The number of ether oxygens (including phenoxy) is 1. The van der Waals surface area contributed by atoms with Gasteiger partial charge in [0.1, 0.15) is 6.04 Å². The normalized spacial score (nSPS) is 12.2. The van der Waals surface area contributed by atoms with Gasteiger partial charge in [0.2, 0.25) is 0 Å². The van der Waals surface area contributed by atoms with E-state index >= 15 is 0 Å². The first-order chi connectivity index (χ1) is 8.17. The largest absolute Gasteiger partial charge is 0.465 e. The van der Waals surface area contributed by atoms with Crippen molar-refractivity contribution in [1.82, 2.24) is 0 Å². The van der Waals surface area contributed by atoms with Crippen molar-refractivity contribution in [2.75, 3.05) is 6.61 Å². The molecule has 1 aromatic carbocycles. The van der Waals surface area contributed by atoms with Gasteiger partial charge in [-0.1, -0.05) is 37.6 Å². The van der Waals surface area contributed by atoms with Crippen molar-refractivity contribution in [2.45, 2.75) is 39.2 Å². The van der Waals surface area contributed by atoms with Crippen LogP contribution in [0.25, 0.3) is 0 Å². The molecule has 1 atom stereocenters. The summed E-state index contributed by atoms with van der Waals surface area (Å²) in [4.78, 5) is 11.4. The van der Waals surface area contributed by atoms with Gasteiger partial charge in [-0.15, -0.1) is 0 Å². The Morgan fingerprint density at radius 2 is 2.06 bits per heavy atom. The minimum absolute atomic E-state index is 0.326. The zero-order valence-electron chi connectivity index (χ0n) is 10.6. The number of rotatable bonds is 6. The van der Waals surface area contributed by atoms with Crippen molar-refractivity contribution in [3.8, 4) is 0 Å². The van der Waals surface area contributed by atoms with Gasteiger partial charge in [-0.25, -0.2) is 0 Å². The lowest BCUT2D eigenvalue weighted by molar-refractivity contribution is -0.144. The fraction of sp³-hybridized carbons (Fsp3) is 0.500. The van der Waals surface area contributed by atoms with Crippen LogP contribution in [0.5, 0.6) is 0 Å². The van der Waals surface area contributed by atoms with Gasteiger partial charge in [-0.2, -0.15) is 0 Å². The molecule has 1 rings (SSSR count). The second-order valence-corrected chi connectivity index (χ2v) is 4.13. The maximum absolute atomic E-state index is 11.4. The summed E-state index contributed by atoms with van der Waals surface area (Å²) in [7, 11) is 0. The maximum Gasteiger partial charge on any atom is 0.323 e. The Morgan fingerprint density at radius 1 is 1.35 bits per heavy atom. The first kappa shape index (κ1) is 13.7. The van der Waals surface area contributed by atoms with E-state index in [1.54, 1.807) is 6.92 Å². The molecule has 0 bridgehead atoms. The standard InChI is InChI=1S/C14H21NO2/c1-3-6-11-7-5-8-12(9-11)10-13(15)14(16)17-4-2/h5,7-9,13H,3-4,6,10,15H2,1-2H3. The highest BCUT2D eigenvalue weighted by Gasteiger charge is 2.14. The number of hydrogen-bond donors (Lipinski definition) is 1. The van der Waals surface area contributed by atoms with Crippen molar-refractivity contribution >= 4 is 5.97 Å². The average Bonchev–Trinajstić information content (AvgIpc) is 2.30. The van der Waals surface area contributed by atoms with E-state index in [0.29, 0.717) is 13.0 Å². The molecular weight excluding hydrogens is 214 g/mol. The molecule has 0 radical (unpaired) electrons. The number of aryl methyl sites for hydroxylation is 1. The predicted molar refractivity (Wildman–Crippen MR) is 68.7 cm³/mol. The first-order valence-corrected chi connectivity index (χ1v) is 6.17. The van der Waals surface area contributed by atoms with E-state index < -0.39 is 6.04 Å². The van der Waals surface area contributed by atoms with Crippen LogP contribution in [-0.4, -0.2) is 18.6 Å². The summed E-state index contributed by atoms with van der Waals surface area (Å²) in [6, 6.07) is 7.66. The van der Waals surface area contributed by atoms with Gasteiger partial charge in [-0.05, 0) is 30.9 Å². The Kier molecular flexibility index (Phi) is 5.70. The third-order valence-electron chi connectivity index (χ3n) is 2.58. The number of benzene rings is 1. The van der Waals surface area contributed by atoms with Crippen LogP contribution in [0.3, 0.4) is 0 Å². The van der Waals surface area contributed by atoms with Crippen LogP contribution < -0.4 is 5.73 Å². The van der Waals surface area contributed by atoms with Crippen molar-refractivity contribution in [2.24, 2.45) is 5.73 Å². The fourth-order valence-corrected chi connectivity index (χ4v) is 1.79. The monoisotopic (exact) mass is 235 g/mol. The maximum atomic E-state index is 11.4. The van der Waals surface area contributed by atoms with Gasteiger partial charge in [0.25, 0.3) is 0 Å². The van der Waals surface area contributed by atoms with E-state index in [0.717, 1.165) is 18.4 Å². The molecule has 0 saturated heterocycles. The molecule has 0 aliphatic carbocycles. The van der Waals surface area contributed by atoms with Crippen LogP contribution >= 0.6 is 0 Å². The van der Waals surface area contributed by atoms with E-state index in [2.05, 4.69) is 19.1 Å². The zero-order valence-corrected chi connectivity index (χ0v) is 10.6. The molecule has 1 aromatic rings. The Hall–Kier alpha value is -1.35. The summed E-state index contributed by atoms with van der Waals surface area (Å²) in [5.74, 6) is -0.326. The minimum atomic E-state index is -0.563. The van der Waals surface area contributed by atoms with Crippen molar-refractivity contribution in [3.05, 3.63) is 35.4 Å². The van der Waals surface area contributed by atoms with Crippen LogP contribution in [-0.2, 0) is 22.4 Å². The molecule has 94 valence electrons. The summed E-state index contributed by atoms with van der Waals surface area (Å²) < 4.78 is 4.89. The molecule has 0 amide bonds. The number of carbonyl (C=O) groups excluding carboxylic acids is 1. The van der Waals surface area contributed by atoms with E-state index in [9.17, 15) is 4.79 Å². The van der Waals surface area contributed by atoms with Gasteiger partial charge in [0, 0.05) is 0 Å². The summed E-state index contributed by atoms with van der Waals surface area (Å²) in [5.41, 5.74) is 8.17. The predicted octanol–water partition coefficient (Wildman–Crippen LogP) is 2.07. The lowest BCUT2D eigenvalue weighted by atomic mass is 10.0. The van der Waals surface area contributed by atoms with E-state index in [1.807, 2.05) is 12.1 Å². The smallest absolute Gasteiger partial charge is 0.323 e. The highest BCUT2D eigenvalue weighted by atomic mass is 16.5. The average molecular weight is 235 g/mol. The third kappa shape index (κ3) is 4.57. The Morgan fingerprint density at radius 3 is 2.71 bits per heavy atom. The van der Waals surface area contributed by atoms with Gasteiger partial charge >= 0.3 is 5.97 Å².